The topological polar surface area (TPSA) is 89.9 Å². The molecule has 0 saturated heterocycles. The predicted octanol–water partition coefficient (Wildman–Crippen LogP) is 1.77. The van der Waals surface area contributed by atoms with Crippen molar-refractivity contribution in [3.8, 4) is 0 Å². The van der Waals surface area contributed by atoms with E-state index in [1.165, 1.54) is 0 Å². The molecule has 0 atom stereocenters. The number of aryl methyl sites for hydroxylation is 1. The third kappa shape index (κ3) is 3.16. The monoisotopic (exact) mass is 297 g/mol. The van der Waals surface area contributed by atoms with Gasteiger partial charge in [0.1, 0.15) is 5.82 Å². The summed E-state index contributed by atoms with van der Waals surface area (Å²) in [6.07, 6.45) is 2.33. The van der Waals surface area contributed by atoms with Crippen LogP contribution in [0.2, 0.25) is 0 Å². The second-order valence-electron chi connectivity index (χ2n) is 3.50. The zero-order valence-electron chi connectivity index (χ0n) is 9.27. The molecule has 0 unspecified atom stereocenters. The Labute approximate surface area is 107 Å². The number of hydrogen-bond donors (Lipinski definition) is 2. The van der Waals surface area contributed by atoms with Crippen LogP contribution in [0.3, 0.4) is 0 Å². The standard InChI is InChI=1S/C10H12BrN5O/c1-6-15-9(17-16-6)2-3-13-10-8(12)4-7(11)5-14-10/h4-5H,2-3,12H2,1H3,(H,13,14). The molecule has 0 aliphatic rings. The molecule has 2 aromatic heterocycles. The predicted molar refractivity (Wildman–Crippen MR) is 67.6 cm³/mol. The van der Waals surface area contributed by atoms with Gasteiger partial charge < -0.3 is 15.6 Å². The molecule has 2 rings (SSSR count). The quantitative estimate of drug-likeness (QED) is 0.894. The first-order valence-corrected chi connectivity index (χ1v) is 5.88. The number of nitrogens with zero attached hydrogens (tertiary/aromatic N) is 3. The Morgan fingerprint density at radius 2 is 2.35 bits per heavy atom. The van der Waals surface area contributed by atoms with Crippen LogP contribution in [0, 0.1) is 6.92 Å². The number of nitrogen functional groups attached to an aromatic ring is 1. The second kappa shape index (κ2) is 5.13. The van der Waals surface area contributed by atoms with Crippen LogP contribution < -0.4 is 11.1 Å². The third-order valence-electron chi connectivity index (χ3n) is 2.08. The molecule has 2 heterocycles. The number of pyridine rings is 1. The fourth-order valence-electron chi connectivity index (χ4n) is 1.33. The van der Waals surface area contributed by atoms with Gasteiger partial charge in [-0.05, 0) is 28.9 Å². The fraction of sp³-hybridized carbons (Fsp3) is 0.300. The fourth-order valence-corrected chi connectivity index (χ4v) is 1.68. The molecular formula is C10H12BrN5O. The summed E-state index contributed by atoms with van der Waals surface area (Å²) in [5.41, 5.74) is 6.40. The number of nitrogens with two attached hydrogens (primary N) is 1. The van der Waals surface area contributed by atoms with Crippen molar-refractivity contribution < 1.29 is 4.52 Å². The summed E-state index contributed by atoms with van der Waals surface area (Å²) >= 11 is 3.30. The molecule has 0 radical (unpaired) electrons. The molecular weight excluding hydrogens is 286 g/mol. The van der Waals surface area contributed by atoms with Crippen molar-refractivity contribution in [1.82, 2.24) is 15.1 Å². The van der Waals surface area contributed by atoms with Crippen LogP contribution in [0.4, 0.5) is 11.5 Å². The molecule has 0 aromatic carbocycles. The third-order valence-corrected chi connectivity index (χ3v) is 2.52. The van der Waals surface area contributed by atoms with Crippen LogP contribution in [0.1, 0.15) is 11.7 Å². The Morgan fingerprint density at radius 3 is 3.00 bits per heavy atom. The Bertz CT molecular complexity index is 513. The first kappa shape index (κ1) is 11.8. The lowest BCUT2D eigenvalue weighted by Gasteiger charge is -2.06. The number of aromatic nitrogens is 3. The van der Waals surface area contributed by atoms with Gasteiger partial charge in [-0.1, -0.05) is 5.16 Å². The smallest absolute Gasteiger partial charge is 0.228 e. The maximum atomic E-state index is 5.80. The lowest BCUT2D eigenvalue weighted by atomic mass is 10.3. The van der Waals surface area contributed by atoms with E-state index in [1.54, 1.807) is 19.2 Å². The summed E-state index contributed by atoms with van der Waals surface area (Å²) in [6, 6.07) is 1.80. The Kier molecular flexibility index (Phi) is 3.58. The van der Waals surface area contributed by atoms with Gasteiger partial charge in [-0.3, -0.25) is 0 Å². The zero-order chi connectivity index (χ0) is 12.3. The minimum absolute atomic E-state index is 0.598. The molecule has 3 N–H and O–H groups in total. The van der Waals surface area contributed by atoms with Crippen molar-refractivity contribution in [2.45, 2.75) is 13.3 Å². The van der Waals surface area contributed by atoms with Crippen molar-refractivity contribution in [3.05, 3.63) is 28.5 Å². The van der Waals surface area contributed by atoms with Gasteiger partial charge in [-0.25, -0.2) is 4.98 Å². The van der Waals surface area contributed by atoms with E-state index >= 15 is 0 Å². The van der Waals surface area contributed by atoms with E-state index in [9.17, 15) is 0 Å². The van der Waals surface area contributed by atoms with Crippen LogP contribution in [0.25, 0.3) is 0 Å². The summed E-state index contributed by atoms with van der Waals surface area (Å²) in [5, 5.41) is 6.82. The van der Waals surface area contributed by atoms with E-state index in [4.69, 9.17) is 10.3 Å². The van der Waals surface area contributed by atoms with Gasteiger partial charge in [0, 0.05) is 23.6 Å². The van der Waals surface area contributed by atoms with E-state index in [-0.39, 0.29) is 0 Å². The highest BCUT2D eigenvalue weighted by atomic mass is 79.9. The molecule has 90 valence electrons. The molecule has 17 heavy (non-hydrogen) atoms. The van der Waals surface area contributed by atoms with E-state index in [0.29, 0.717) is 36.2 Å². The molecule has 0 bridgehead atoms. The van der Waals surface area contributed by atoms with Gasteiger partial charge >= 0.3 is 0 Å². The number of hydrogen-bond acceptors (Lipinski definition) is 6. The highest BCUT2D eigenvalue weighted by Gasteiger charge is 2.04. The first-order valence-electron chi connectivity index (χ1n) is 5.09. The maximum absolute atomic E-state index is 5.80. The largest absolute Gasteiger partial charge is 0.396 e. The maximum Gasteiger partial charge on any atom is 0.228 e. The molecule has 0 aliphatic carbocycles. The minimum Gasteiger partial charge on any atom is -0.396 e. The Balaban J connectivity index is 1.90. The lowest BCUT2D eigenvalue weighted by Crippen LogP contribution is -2.08. The molecule has 0 spiro atoms. The van der Waals surface area contributed by atoms with Crippen LogP contribution in [0.5, 0.6) is 0 Å². The van der Waals surface area contributed by atoms with Gasteiger partial charge in [0.15, 0.2) is 5.82 Å². The van der Waals surface area contributed by atoms with Crippen molar-refractivity contribution in [1.29, 1.82) is 0 Å². The van der Waals surface area contributed by atoms with E-state index in [1.807, 2.05) is 0 Å². The first-order chi connectivity index (χ1) is 8.15. The van der Waals surface area contributed by atoms with E-state index in [2.05, 4.69) is 36.4 Å². The van der Waals surface area contributed by atoms with Gasteiger partial charge in [0.2, 0.25) is 5.89 Å². The minimum atomic E-state index is 0.598. The molecule has 6 nitrogen and oxygen atoms in total. The molecule has 0 saturated carbocycles. The van der Waals surface area contributed by atoms with Crippen molar-refractivity contribution in [3.63, 3.8) is 0 Å². The van der Waals surface area contributed by atoms with Crippen LogP contribution in [-0.2, 0) is 6.42 Å². The number of rotatable bonds is 4. The van der Waals surface area contributed by atoms with Crippen molar-refractivity contribution >= 4 is 27.4 Å². The van der Waals surface area contributed by atoms with Gasteiger partial charge in [0.25, 0.3) is 0 Å². The summed E-state index contributed by atoms with van der Waals surface area (Å²) < 4.78 is 5.85. The summed E-state index contributed by atoms with van der Waals surface area (Å²) in [5.74, 6) is 1.90. The summed E-state index contributed by atoms with van der Waals surface area (Å²) in [4.78, 5) is 8.27. The second-order valence-corrected chi connectivity index (χ2v) is 4.42. The Hall–Kier alpha value is -1.63. The summed E-state index contributed by atoms with van der Waals surface area (Å²) in [6.45, 7) is 2.43. The molecule has 0 fully saturated rings. The van der Waals surface area contributed by atoms with E-state index in [0.717, 1.165) is 4.47 Å². The normalized spacial score (nSPS) is 10.5. The van der Waals surface area contributed by atoms with Crippen LogP contribution in [0.15, 0.2) is 21.3 Å². The highest BCUT2D eigenvalue weighted by Crippen LogP contribution is 2.19. The SMILES string of the molecule is Cc1noc(CCNc2ncc(Br)cc2N)n1. The van der Waals surface area contributed by atoms with Crippen molar-refractivity contribution in [2.24, 2.45) is 0 Å². The number of anilines is 2. The molecule has 0 amide bonds. The van der Waals surface area contributed by atoms with Crippen LogP contribution in [-0.4, -0.2) is 21.7 Å². The number of nitrogens with one attached hydrogen (secondary N) is 1. The van der Waals surface area contributed by atoms with Gasteiger partial charge in [0.05, 0.1) is 5.69 Å². The lowest BCUT2D eigenvalue weighted by molar-refractivity contribution is 0.377. The summed E-state index contributed by atoms with van der Waals surface area (Å²) in [7, 11) is 0. The highest BCUT2D eigenvalue weighted by molar-refractivity contribution is 9.10. The zero-order valence-corrected chi connectivity index (χ0v) is 10.9. The molecule has 7 heteroatoms. The average molecular weight is 298 g/mol. The van der Waals surface area contributed by atoms with Crippen LogP contribution >= 0.6 is 15.9 Å². The number of halogens is 1. The van der Waals surface area contributed by atoms with Gasteiger partial charge in [-0.15, -0.1) is 0 Å². The van der Waals surface area contributed by atoms with Crippen molar-refractivity contribution in [2.75, 3.05) is 17.6 Å². The van der Waals surface area contributed by atoms with E-state index < -0.39 is 0 Å². The Morgan fingerprint density at radius 1 is 1.53 bits per heavy atom. The molecule has 0 aliphatic heterocycles. The molecule has 2 aromatic rings. The van der Waals surface area contributed by atoms with Gasteiger partial charge in [-0.2, -0.15) is 4.98 Å². The average Bonchev–Trinajstić information content (AvgIpc) is 2.68.